The lowest BCUT2D eigenvalue weighted by Gasteiger charge is -2.00. The van der Waals surface area contributed by atoms with Gasteiger partial charge in [0.15, 0.2) is 11.5 Å². The molecule has 4 rings (SSSR count). The summed E-state index contributed by atoms with van der Waals surface area (Å²) < 4.78 is 10.7. The summed E-state index contributed by atoms with van der Waals surface area (Å²) in [5.41, 5.74) is 2.85. The quantitative estimate of drug-likeness (QED) is 0.756. The maximum atomic E-state index is 11.3. The lowest BCUT2D eigenvalue weighted by atomic mass is 10.1. The van der Waals surface area contributed by atoms with Crippen molar-refractivity contribution < 1.29 is 19.4 Å². The van der Waals surface area contributed by atoms with Crippen LogP contribution < -0.4 is 9.47 Å². The van der Waals surface area contributed by atoms with E-state index in [-0.39, 0.29) is 12.4 Å². The number of nitrogens with one attached hydrogen (secondary N) is 1. The number of H-pyrrole nitrogens is 1. The second-order valence-corrected chi connectivity index (χ2v) is 4.82. The summed E-state index contributed by atoms with van der Waals surface area (Å²) in [6.45, 7) is 0.231. The van der Waals surface area contributed by atoms with Gasteiger partial charge in [0, 0.05) is 22.2 Å². The smallest absolute Gasteiger partial charge is 0.336 e. The number of aromatic carboxylic acids is 1. The van der Waals surface area contributed by atoms with Gasteiger partial charge in [-0.05, 0) is 36.4 Å². The molecule has 2 heterocycles. The Bertz CT molecular complexity index is 866. The summed E-state index contributed by atoms with van der Waals surface area (Å²) in [6.07, 6.45) is 0. The number of aromatic nitrogens is 1. The minimum atomic E-state index is -0.933. The zero-order valence-corrected chi connectivity index (χ0v) is 10.9. The Morgan fingerprint density at radius 2 is 1.95 bits per heavy atom. The number of carboxylic acid groups (broad SMARTS) is 1. The fourth-order valence-corrected chi connectivity index (χ4v) is 2.56. The highest BCUT2D eigenvalue weighted by molar-refractivity contribution is 6.04. The van der Waals surface area contributed by atoms with E-state index in [0.29, 0.717) is 11.1 Å². The van der Waals surface area contributed by atoms with Crippen molar-refractivity contribution in [2.75, 3.05) is 6.79 Å². The average molecular weight is 281 g/mol. The highest BCUT2D eigenvalue weighted by atomic mass is 16.7. The third-order valence-corrected chi connectivity index (χ3v) is 3.58. The van der Waals surface area contributed by atoms with Crippen LogP contribution in [0.4, 0.5) is 0 Å². The average Bonchev–Trinajstić information content (AvgIpc) is 3.11. The van der Waals surface area contributed by atoms with E-state index in [2.05, 4.69) is 4.98 Å². The number of benzene rings is 2. The van der Waals surface area contributed by atoms with Crippen molar-refractivity contribution in [3.05, 3.63) is 48.0 Å². The lowest BCUT2D eigenvalue weighted by Crippen LogP contribution is -1.95. The molecule has 1 aliphatic heterocycles. The lowest BCUT2D eigenvalue weighted by molar-refractivity contribution is 0.0699. The Hall–Kier alpha value is -2.95. The molecule has 21 heavy (non-hydrogen) atoms. The summed E-state index contributed by atoms with van der Waals surface area (Å²) >= 11 is 0. The van der Waals surface area contributed by atoms with Gasteiger partial charge in [0.2, 0.25) is 6.79 Å². The van der Waals surface area contributed by atoms with E-state index in [1.165, 1.54) is 0 Å². The Morgan fingerprint density at radius 1 is 1.10 bits per heavy atom. The van der Waals surface area contributed by atoms with Crippen LogP contribution in [0.25, 0.3) is 22.2 Å². The van der Waals surface area contributed by atoms with Crippen LogP contribution in [0.1, 0.15) is 10.4 Å². The third kappa shape index (κ3) is 1.82. The van der Waals surface area contributed by atoms with E-state index in [4.69, 9.17) is 9.47 Å². The summed E-state index contributed by atoms with van der Waals surface area (Å²) in [6, 6.07) is 12.7. The zero-order valence-electron chi connectivity index (χ0n) is 10.9. The summed E-state index contributed by atoms with van der Waals surface area (Å²) in [7, 11) is 0. The van der Waals surface area contributed by atoms with Crippen molar-refractivity contribution in [3.8, 4) is 22.8 Å². The molecule has 0 spiro atoms. The normalized spacial score (nSPS) is 12.8. The van der Waals surface area contributed by atoms with E-state index in [0.717, 1.165) is 22.5 Å². The van der Waals surface area contributed by atoms with E-state index >= 15 is 0 Å². The molecule has 0 atom stereocenters. The monoisotopic (exact) mass is 281 g/mol. The first-order valence-corrected chi connectivity index (χ1v) is 6.47. The number of rotatable bonds is 2. The van der Waals surface area contributed by atoms with Crippen molar-refractivity contribution in [3.63, 3.8) is 0 Å². The Labute approximate surface area is 119 Å². The first-order valence-electron chi connectivity index (χ1n) is 6.47. The van der Waals surface area contributed by atoms with Crippen LogP contribution in [-0.2, 0) is 0 Å². The molecule has 1 aliphatic rings. The molecular weight excluding hydrogens is 270 g/mol. The Balaban J connectivity index is 1.87. The maximum absolute atomic E-state index is 11.3. The minimum Gasteiger partial charge on any atom is -0.478 e. The third-order valence-electron chi connectivity index (χ3n) is 3.58. The van der Waals surface area contributed by atoms with Gasteiger partial charge in [0.1, 0.15) is 0 Å². The van der Waals surface area contributed by atoms with Gasteiger partial charge in [-0.1, -0.05) is 6.07 Å². The van der Waals surface area contributed by atoms with Gasteiger partial charge >= 0.3 is 5.97 Å². The van der Waals surface area contributed by atoms with Gasteiger partial charge in [-0.15, -0.1) is 0 Å². The summed E-state index contributed by atoms with van der Waals surface area (Å²) in [5.74, 6) is 0.488. The molecule has 0 unspecified atom stereocenters. The topological polar surface area (TPSA) is 71.5 Å². The van der Waals surface area contributed by atoms with E-state index in [9.17, 15) is 9.90 Å². The molecule has 0 fully saturated rings. The first kappa shape index (κ1) is 11.8. The number of aromatic amines is 1. The van der Waals surface area contributed by atoms with E-state index < -0.39 is 5.97 Å². The Morgan fingerprint density at radius 3 is 2.81 bits per heavy atom. The second-order valence-electron chi connectivity index (χ2n) is 4.82. The second kappa shape index (κ2) is 4.28. The standard InChI is InChI=1S/C16H11NO4/c18-16(19)10-2-1-3-12-11(10)7-13(17-12)9-4-5-14-15(6-9)21-8-20-14/h1-7,17H,8H2,(H,18,19). The van der Waals surface area contributed by atoms with Crippen LogP contribution in [0.15, 0.2) is 42.5 Å². The molecule has 0 aliphatic carbocycles. The van der Waals surface area contributed by atoms with Gasteiger partial charge in [-0.3, -0.25) is 0 Å². The van der Waals surface area contributed by atoms with Crippen molar-refractivity contribution >= 4 is 16.9 Å². The van der Waals surface area contributed by atoms with Gasteiger partial charge in [0.25, 0.3) is 0 Å². The van der Waals surface area contributed by atoms with Crippen LogP contribution in [0.3, 0.4) is 0 Å². The summed E-state index contributed by atoms with van der Waals surface area (Å²) in [4.78, 5) is 14.5. The van der Waals surface area contributed by atoms with Gasteiger partial charge in [0.05, 0.1) is 5.56 Å². The molecular formula is C16H11NO4. The highest BCUT2D eigenvalue weighted by Crippen LogP contribution is 2.36. The van der Waals surface area contributed by atoms with Gasteiger partial charge in [-0.25, -0.2) is 4.79 Å². The molecule has 0 saturated carbocycles. The van der Waals surface area contributed by atoms with E-state index in [1.54, 1.807) is 12.1 Å². The minimum absolute atomic E-state index is 0.231. The molecule has 2 N–H and O–H groups in total. The molecule has 5 heteroatoms. The SMILES string of the molecule is O=C(O)c1cccc2[nH]c(-c3ccc4c(c3)OCO4)cc12. The molecule has 5 nitrogen and oxygen atoms in total. The van der Waals surface area contributed by atoms with Crippen LogP contribution in [0.5, 0.6) is 11.5 Å². The van der Waals surface area contributed by atoms with Crippen LogP contribution >= 0.6 is 0 Å². The molecule has 104 valence electrons. The number of ether oxygens (including phenoxy) is 2. The van der Waals surface area contributed by atoms with Gasteiger partial charge < -0.3 is 19.6 Å². The predicted octanol–water partition coefficient (Wildman–Crippen LogP) is 3.26. The van der Waals surface area contributed by atoms with Crippen LogP contribution in [-0.4, -0.2) is 22.9 Å². The molecule has 1 aromatic heterocycles. The first-order chi connectivity index (χ1) is 10.2. The van der Waals surface area contributed by atoms with Crippen LogP contribution in [0, 0.1) is 0 Å². The van der Waals surface area contributed by atoms with Crippen molar-refractivity contribution in [2.45, 2.75) is 0 Å². The molecule has 0 saturated heterocycles. The van der Waals surface area contributed by atoms with Gasteiger partial charge in [-0.2, -0.15) is 0 Å². The summed E-state index contributed by atoms with van der Waals surface area (Å²) in [5, 5.41) is 9.93. The molecule has 2 aromatic carbocycles. The van der Waals surface area contributed by atoms with Crippen molar-refractivity contribution in [1.29, 1.82) is 0 Å². The Kier molecular flexibility index (Phi) is 2.41. The number of hydrogen-bond acceptors (Lipinski definition) is 3. The number of carbonyl (C=O) groups is 1. The fraction of sp³-hybridized carbons (Fsp3) is 0.0625. The molecule has 0 bridgehead atoms. The van der Waals surface area contributed by atoms with Crippen molar-refractivity contribution in [1.82, 2.24) is 4.98 Å². The number of hydrogen-bond donors (Lipinski definition) is 2. The maximum Gasteiger partial charge on any atom is 0.336 e. The zero-order chi connectivity index (χ0) is 14.4. The van der Waals surface area contributed by atoms with Crippen molar-refractivity contribution in [2.24, 2.45) is 0 Å². The number of carboxylic acids is 1. The highest BCUT2D eigenvalue weighted by Gasteiger charge is 2.16. The number of fused-ring (bicyclic) bond motifs is 2. The largest absolute Gasteiger partial charge is 0.478 e. The van der Waals surface area contributed by atoms with Crippen LogP contribution in [0.2, 0.25) is 0 Å². The fourth-order valence-electron chi connectivity index (χ4n) is 2.56. The van der Waals surface area contributed by atoms with E-state index in [1.807, 2.05) is 30.3 Å². The molecule has 0 amide bonds. The molecule has 0 radical (unpaired) electrons. The molecule has 3 aromatic rings. The predicted molar refractivity (Wildman–Crippen MR) is 76.8 cm³/mol.